The van der Waals surface area contributed by atoms with Crippen LogP contribution in [-0.4, -0.2) is 30.3 Å². The van der Waals surface area contributed by atoms with Crippen molar-refractivity contribution >= 4 is 64.6 Å². The monoisotopic (exact) mass is 482 g/mol. The third-order valence-electron chi connectivity index (χ3n) is 2.96. The van der Waals surface area contributed by atoms with Crippen molar-refractivity contribution in [3.8, 4) is 0 Å². The molecular formula is C15H20ClIN4S2. The normalized spacial score (nSPS) is 11.0. The van der Waals surface area contributed by atoms with Crippen molar-refractivity contribution in [2.75, 3.05) is 19.3 Å². The highest BCUT2D eigenvalue weighted by Gasteiger charge is 2.03. The summed E-state index contributed by atoms with van der Waals surface area (Å²) in [6, 6.07) is 7.89. The van der Waals surface area contributed by atoms with E-state index in [2.05, 4.69) is 20.6 Å². The van der Waals surface area contributed by atoms with Gasteiger partial charge in [0.2, 0.25) is 0 Å². The van der Waals surface area contributed by atoms with Gasteiger partial charge in [-0.25, -0.2) is 4.98 Å². The minimum atomic E-state index is 0. The van der Waals surface area contributed by atoms with Gasteiger partial charge in [-0.3, -0.25) is 4.99 Å². The fourth-order valence-electron chi connectivity index (χ4n) is 1.75. The van der Waals surface area contributed by atoms with Gasteiger partial charge in [0.1, 0.15) is 0 Å². The number of thioether (sulfide) groups is 1. The highest BCUT2D eigenvalue weighted by molar-refractivity contribution is 14.0. The van der Waals surface area contributed by atoms with E-state index in [1.54, 1.807) is 30.1 Å². The molecule has 0 unspecified atom stereocenters. The van der Waals surface area contributed by atoms with E-state index >= 15 is 0 Å². The Balaban J connectivity index is 0.00000264. The molecule has 1 aromatic heterocycles. The molecule has 0 aliphatic carbocycles. The van der Waals surface area contributed by atoms with Crippen LogP contribution in [0.25, 0.3) is 0 Å². The van der Waals surface area contributed by atoms with Crippen molar-refractivity contribution in [3.63, 3.8) is 0 Å². The molecule has 0 bridgehead atoms. The molecule has 1 heterocycles. The van der Waals surface area contributed by atoms with Crippen LogP contribution < -0.4 is 10.6 Å². The molecule has 0 amide bonds. The molecule has 0 radical (unpaired) electrons. The maximum Gasteiger partial charge on any atom is 0.191 e. The molecule has 1 aromatic carbocycles. The van der Waals surface area contributed by atoms with Gasteiger partial charge in [-0.1, -0.05) is 11.6 Å². The number of guanidine groups is 1. The molecule has 2 N–H and O–H groups in total. The van der Waals surface area contributed by atoms with Gasteiger partial charge >= 0.3 is 0 Å². The second-order valence-electron chi connectivity index (χ2n) is 4.52. The van der Waals surface area contributed by atoms with Crippen molar-refractivity contribution in [3.05, 3.63) is 45.4 Å². The molecule has 126 valence electrons. The van der Waals surface area contributed by atoms with E-state index in [9.17, 15) is 0 Å². The van der Waals surface area contributed by atoms with Gasteiger partial charge in [0, 0.05) is 34.1 Å². The number of aromatic nitrogens is 1. The number of hydrogen-bond donors (Lipinski definition) is 2. The molecule has 0 saturated carbocycles. The van der Waals surface area contributed by atoms with Crippen molar-refractivity contribution in [1.82, 2.24) is 15.6 Å². The van der Waals surface area contributed by atoms with Crippen LogP contribution in [0.15, 0.2) is 39.7 Å². The van der Waals surface area contributed by atoms with Crippen LogP contribution >= 0.6 is 58.7 Å². The Morgan fingerprint density at radius 2 is 2.04 bits per heavy atom. The van der Waals surface area contributed by atoms with Crippen molar-refractivity contribution in [2.24, 2.45) is 4.99 Å². The van der Waals surface area contributed by atoms with Gasteiger partial charge in [-0.05, 0) is 31.2 Å². The molecule has 8 heteroatoms. The lowest BCUT2D eigenvalue weighted by molar-refractivity contribution is 0.836. The summed E-state index contributed by atoms with van der Waals surface area (Å²) < 4.78 is 0. The molecule has 0 fully saturated rings. The molecule has 0 saturated heterocycles. The van der Waals surface area contributed by atoms with Crippen molar-refractivity contribution in [1.29, 1.82) is 0 Å². The molecule has 0 atom stereocenters. The van der Waals surface area contributed by atoms with Gasteiger partial charge in [0.05, 0.1) is 17.7 Å². The molecule has 2 aromatic rings. The second kappa shape index (κ2) is 11.1. The van der Waals surface area contributed by atoms with Crippen LogP contribution in [-0.2, 0) is 6.54 Å². The third kappa shape index (κ3) is 7.28. The van der Waals surface area contributed by atoms with Gasteiger partial charge < -0.3 is 10.6 Å². The largest absolute Gasteiger partial charge is 0.356 e. The fraction of sp³-hybridized carbons (Fsp3) is 0.333. The average molecular weight is 483 g/mol. The summed E-state index contributed by atoms with van der Waals surface area (Å²) in [7, 11) is 1.78. The minimum Gasteiger partial charge on any atom is -0.356 e. The Hall–Kier alpha value is -0.510. The highest BCUT2D eigenvalue weighted by atomic mass is 127. The lowest BCUT2D eigenvalue weighted by Gasteiger charge is -2.11. The Bertz CT molecular complexity index is 616. The zero-order valence-corrected chi connectivity index (χ0v) is 17.7. The summed E-state index contributed by atoms with van der Waals surface area (Å²) in [5.74, 6) is 1.77. The number of benzene rings is 1. The van der Waals surface area contributed by atoms with E-state index in [0.29, 0.717) is 0 Å². The van der Waals surface area contributed by atoms with Crippen LogP contribution in [0.4, 0.5) is 0 Å². The van der Waals surface area contributed by atoms with E-state index < -0.39 is 0 Å². The minimum absolute atomic E-state index is 0. The second-order valence-corrected chi connectivity index (χ2v) is 7.06. The molecule has 2 rings (SSSR count). The number of aryl methyl sites for hydroxylation is 1. The number of aliphatic imine (C=N–C) groups is 1. The molecular weight excluding hydrogens is 463 g/mol. The van der Waals surface area contributed by atoms with Crippen LogP contribution in [0.3, 0.4) is 0 Å². The van der Waals surface area contributed by atoms with Gasteiger partial charge in [0.15, 0.2) is 5.96 Å². The SMILES string of the molecule is CN=C(NCCSc1ccc(Cl)cc1)NCc1scnc1C.I. The standard InChI is InChI=1S/C15H19ClN4S2.HI/c1-11-14(22-10-20-11)9-19-15(17-2)18-7-8-21-13-5-3-12(16)4-6-13;/h3-6,10H,7-9H2,1-2H3,(H2,17,18,19);1H. The smallest absolute Gasteiger partial charge is 0.191 e. The summed E-state index contributed by atoms with van der Waals surface area (Å²) in [5.41, 5.74) is 2.94. The number of hydrogen-bond acceptors (Lipinski definition) is 4. The average Bonchev–Trinajstić information content (AvgIpc) is 2.93. The summed E-state index contributed by atoms with van der Waals surface area (Å²) >= 11 is 9.32. The summed E-state index contributed by atoms with van der Waals surface area (Å²) in [6.07, 6.45) is 0. The van der Waals surface area contributed by atoms with Gasteiger partial charge in [0.25, 0.3) is 0 Å². The molecule has 0 spiro atoms. The molecule has 23 heavy (non-hydrogen) atoms. The first-order valence-electron chi connectivity index (χ1n) is 6.91. The number of nitrogens with one attached hydrogen (secondary N) is 2. The lowest BCUT2D eigenvalue weighted by atomic mass is 10.4. The maximum absolute atomic E-state index is 5.87. The van der Waals surface area contributed by atoms with Gasteiger partial charge in [-0.2, -0.15) is 0 Å². The van der Waals surface area contributed by atoms with Crippen molar-refractivity contribution < 1.29 is 0 Å². The summed E-state index contributed by atoms with van der Waals surface area (Å²) in [5, 5.41) is 7.38. The van der Waals surface area contributed by atoms with Crippen molar-refractivity contribution in [2.45, 2.75) is 18.4 Å². The van der Waals surface area contributed by atoms with E-state index in [1.807, 2.05) is 36.7 Å². The van der Waals surface area contributed by atoms with Crippen LogP contribution in [0.2, 0.25) is 5.02 Å². The van der Waals surface area contributed by atoms with Crippen LogP contribution in [0.1, 0.15) is 10.6 Å². The van der Waals surface area contributed by atoms with E-state index in [0.717, 1.165) is 35.5 Å². The Morgan fingerprint density at radius 3 is 2.65 bits per heavy atom. The first kappa shape index (κ1) is 20.5. The topological polar surface area (TPSA) is 49.3 Å². The first-order valence-corrected chi connectivity index (χ1v) is 9.15. The maximum atomic E-state index is 5.87. The Labute approximate surface area is 167 Å². The Morgan fingerprint density at radius 1 is 1.30 bits per heavy atom. The van der Waals surface area contributed by atoms with E-state index in [-0.39, 0.29) is 24.0 Å². The number of thiazole rings is 1. The zero-order chi connectivity index (χ0) is 15.8. The lowest BCUT2D eigenvalue weighted by Crippen LogP contribution is -2.37. The highest BCUT2D eigenvalue weighted by Crippen LogP contribution is 2.19. The van der Waals surface area contributed by atoms with E-state index in [4.69, 9.17) is 11.6 Å². The van der Waals surface area contributed by atoms with E-state index in [1.165, 1.54) is 9.77 Å². The zero-order valence-electron chi connectivity index (χ0n) is 13.0. The summed E-state index contributed by atoms with van der Waals surface area (Å²) in [4.78, 5) is 10.9. The fourth-order valence-corrected chi connectivity index (χ4v) is 3.36. The number of halogens is 2. The Kier molecular flexibility index (Phi) is 9.92. The summed E-state index contributed by atoms with van der Waals surface area (Å²) in [6.45, 7) is 3.61. The van der Waals surface area contributed by atoms with Gasteiger partial charge in [-0.15, -0.1) is 47.1 Å². The van der Waals surface area contributed by atoms with Crippen LogP contribution in [0.5, 0.6) is 0 Å². The molecule has 0 aliphatic rings. The predicted octanol–water partition coefficient (Wildman–Crippen LogP) is 4.18. The number of rotatable bonds is 6. The number of nitrogens with zero attached hydrogens (tertiary/aromatic N) is 2. The third-order valence-corrected chi connectivity index (χ3v) is 5.16. The quantitative estimate of drug-likeness (QED) is 0.213. The predicted molar refractivity (Wildman–Crippen MR) is 113 cm³/mol. The molecule has 0 aliphatic heterocycles. The molecule has 4 nitrogen and oxygen atoms in total. The van der Waals surface area contributed by atoms with Crippen LogP contribution in [0, 0.1) is 6.92 Å². The first-order chi connectivity index (χ1) is 10.7.